The first-order chi connectivity index (χ1) is 7.21. The first-order valence-electron chi connectivity index (χ1n) is 5.20. The molecule has 1 aromatic rings. The Morgan fingerprint density at radius 2 is 1.93 bits per heavy atom. The van der Waals surface area contributed by atoms with E-state index in [4.69, 9.17) is 0 Å². The van der Waals surface area contributed by atoms with Crippen molar-refractivity contribution >= 4 is 21.7 Å². The van der Waals surface area contributed by atoms with Crippen LogP contribution in [0.5, 0.6) is 0 Å². The maximum atomic E-state index is 11.9. The Balaban J connectivity index is 2.18. The normalized spacial score (nSPS) is 21.3. The van der Waals surface area contributed by atoms with Gasteiger partial charge in [-0.3, -0.25) is 4.79 Å². The van der Waals surface area contributed by atoms with Crippen LogP contribution < -0.4 is 0 Å². The summed E-state index contributed by atoms with van der Waals surface area (Å²) in [5.41, 5.74) is 2.28. The third-order valence-electron chi connectivity index (χ3n) is 3.54. The predicted molar refractivity (Wildman–Crippen MR) is 63.1 cm³/mol. The molecule has 0 radical (unpaired) electrons. The van der Waals surface area contributed by atoms with E-state index in [9.17, 15) is 4.79 Å². The number of carbonyl (C=O) groups is 1. The molecule has 1 nitrogen and oxygen atoms in total. The Morgan fingerprint density at radius 3 is 2.67 bits per heavy atom. The van der Waals surface area contributed by atoms with Crippen molar-refractivity contribution in [3.63, 3.8) is 0 Å². The summed E-state index contributed by atoms with van der Waals surface area (Å²) >= 11 is 3.42. The predicted octanol–water partition coefficient (Wildman–Crippen LogP) is 3.62. The molecule has 0 saturated heterocycles. The van der Waals surface area contributed by atoms with Crippen molar-refractivity contribution in [2.45, 2.75) is 24.7 Å². The number of halogens is 1. The van der Waals surface area contributed by atoms with Gasteiger partial charge >= 0.3 is 0 Å². The Hall–Kier alpha value is -0.890. The van der Waals surface area contributed by atoms with Crippen LogP contribution >= 0.6 is 15.9 Å². The molecule has 0 unspecified atom stereocenters. The van der Waals surface area contributed by atoms with Crippen LogP contribution in [0.2, 0.25) is 0 Å². The SMILES string of the molecule is O=C1CC2(CC=CC2)c2ccc(Br)cc21. The molecule has 3 rings (SSSR count). The molecular formula is C13H11BrO. The Kier molecular flexibility index (Phi) is 1.90. The van der Waals surface area contributed by atoms with Gasteiger partial charge in [0.15, 0.2) is 5.78 Å². The number of hydrogen-bond acceptors (Lipinski definition) is 1. The van der Waals surface area contributed by atoms with Crippen LogP contribution in [-0.2, 0) is 5.41 Å². The summed E-state index contributed by atoms with van der Waals surface area (Å²) < 4.78 is 0.998. The van der Waals surface area contributed by atoms with Gasteiger partial charge in [-0.05, 0) is 30.5 Å². The minimum Gasteiger partial charge on any atom is -0.294 e. The van der Waals surface area contributed by atoms with Gasteiger partial charge in [-0.2, -0.15) is 0 Å². The van der Waals surface area contributed by atoms with Crippen LogP contribution in [-0.4, -0.2) is 5.78 Å². The van der Waals surface area contributed by atoms with Crippen molar-refractivity contribution in [3.8, 4) is 0 Å². The van der Waals surface area contributed by atoms with E-state index < -0.39 is 0 Å². The minimum absolute atomic E-state index is 0.104. The Bertz CT molecular complexity index is 465. The van der Waals surface area contributed by atoms with Crippen LogP contribution in [0.25, 0.3) is 0 Å². The highest BCUT2D eigenvalue weighted by molar-refractivity contribution is 9.10. The molecule has 0 aliphatic heterocycles. The highest BCUT2D eigenvalue weighted by atomic mass is 79.9. The summed E-state index contributed by atoms with van der Waals surface area (Å²) in [5, 5.41) is 0. The van der Waals surface area contributed by atoms with Crippen molar-refractivity contribution in [1.29, 1.82) is 0 Å². The quantitative estimate of drug-likeness (QED) is 0.653. The van der Waals surface area contributed by atoms with Crippen molar-refractivity contribution in [2.24, 2.45) is 0 Å². The molecule has 0 bridgehead atoms. The van der Waals surface area contributed by atoms with Gasteiger partial charge in [0.1, 0.15) is 0 Å². The number of Topliss-reactive ketones (excluding diaryl/α,β-unsaturated/α-hetero) is 1. The molecule has 0 N–H and O–H groups in total. The smallest absolute Gasteiger partial charge is 0.164 e. The lowest BCUT2D eigenvalue weighted by Gasteiger charge is -2.23. The lowest BCUT2D eigenvalue weighted by molar-refractivity contribution is 0.0975. The van der Waals surface area contributed by atoms with E-state index in [0.29, 0.717) is 12.2 Å². The third kappa shape index (κ3) is 1.24. The summed E-state index contributed by atoms with van der Waals surface area (Å²) in [4.78, 5) is 11.9. The molecule has 0 amide bonds. The van der Waals surface area contributed by atoms with Gasteiger partial charge < -0.3 is 0 Å². The van der Waals surface area contributed by atoms with Crippen LogP contribution in [0.3, 0.4) is 0 Å². The second kappa shape index (κ2) is 3.05. The highest BCUT2D eigenvalue weighted by Gasteiger charge is 2.43. The maximum Gasteiger partial charge on any atom is 0.164 e. The topological polar surface area (TPSA) is 17.1 Å². The van der Waals surface area contributed by atoms with E-state index in [1.165, 1.54) is 5.56 Å². The molecule has 1 spiro atoms. The highest BCUT2D eigenvalue weighted by Crippen LogP contribution is 2.47. The summed E-state index contributed by atoms with van der Waals surface area (Å²) in [6.07, 6.45) is 7.13. The molecule has 2 aliphatic carbocycles. The van der Waals surface area contributed by atoms with Gasteiger partial charge in [0.25, 0.3) is 0 Å². The molecular weight excluding hydrogens is 252 g/mol. The molecule has 0 aromatic heterocycles. The van der Waals surface area contributed by atoms with Crippen LogP contribution in [0.15, 0.2) is 34.8 Å². The first kappa shape index (κ1) is 9.34. The van der Waals surface area contributed by atoms with E-state index >= 15 is 0 Å². The number of rotatable bonds is 0. The molecule has 0 saturated carbocycles. The maximum absolute atomic E-state index is 11.9. The van der Waals surface area contributed by atoms with Gasteiger partial charge in [0.05, 0.1) is 0 Å². The fraction of sp³-hybridized carbons (Fsp3) is 0.308. The van der Waals surface area contributed by atoms with Gasteiger partial charge in [-0.1, -0.05) is 34.1 Å². The van der Waals surface area contributed by atoms with E-state index in [2.05, 4.69) is 34.1 Å². The average molecular weight is 263 g/mol. The fourth-order valence-corrected chi connectivity index (χ4v) is 3.13. The number of carbonyl (C=O) groups excluding carboxylic acids is 1. The lowest BCUT2D eigenvalue weighted by atomic mass is 9.80. The van der Waals surface area contributed by atoms with Crippen LogP contribution in [0.1, 0.15) is 35.2 Å². The largest absolute Gasteiger partial charge is 0.294 e. The van der Waals surface area contributed by atoms with E-state index in [1.54, 1.807) is 0 Å². The van der Waals surface area contributed by atoms with Gasteiger partial charge in [-0.15, -0.1) is 0 Å². The molecule has 2 heteroatoms. The van der Waals surface area contributed by atoms with Gasteiger partial charge in [0, 0.05) is 21.9 Å². The average Bonchev–Trinajstić information content (AvgIpc) is 2.76. The molecule has 1 aromatic carbocycles. The first-order valence-corrected chi connectivity index (χ1v) is 5.99. The standard InChI is InChI=1S/C13H11BrO/c14-9-3-4-11-10(7-9)12(15)8-13(11)5-1-2-6-13/h1-4,7H,5-6,8H2. The second-order valence-corrected chi connectivity index (χ2v) is 5.37. The van der Waals surface area contributed by atoms with Crippen molar-refractivity contribution in [1.82, 2.24) is 0 Å². The number of benzene rings is 1. The number of ketones is 1. The summed E-state index contributed by atoms with van der Waals surface area (Å²) in [6, 6.07) is 6.11. The number of fused-ring (bicyclic) bond motifs is 2. The monoisotopic (exact) mass is 262 g/mol. The number of hydrogen-bond donors (Lipinski definition) is 0. The van der Waals surface area contributed by atoms with E-state index in [1.807, 2.05) is 12.1 Å². The van der Waals surface area contributed by atoms with Gasteiger partial charge in [-0.25, -0.2) is 0 Å². The molecule has 0 heterocycles. The van der Waals surface area contributed by atoms with Crippen LogP contribution in [0.4, 0.5) is 0 Å². The van der Waals surface area contributed by atoms with E-state index in [-0.39, 0.29) is 5.41 Å². The lowest BCUT2D eigenvalue weighted by Crippen LogP contribution is -2.18. The zero-order valence-corrected chi connectivity index (χ0v) is 9.88. The molecule has 15 heavy (non-hydrogen) atoms. The minimum atomic E-state index is 0.104. The third-order valence-corrected chi connectivity index (χ3v) is 4.03. The Labute approximate surface area is 97.3 Å². The molecule has 76 valence electrons. The molecule has 2 aliphatic rings. The van der Waals surface area contributed by atoms with Gasteiger partial charge in [0.2, 0.25) is 0 Å². The fourth-order valence-electron chi connectivity index (χ4n) is 2.77. The van der Waals surface area contributed by atoms with Crippen LogP contribution in [0, 0.1) is 0 Å². The van der Waals surface area contributed by atoms with Crippen molar-refractivity contribution in [3.05, 3.63) is 46.0 Å². The summed E-state index contributed by atoms with van der Waals surface area (Å²) in [5.74, 6) is 0.301. The van der Waals surface area contributed by atoms with E-state index in [0.717, 1.165) is 22.9 Å². The summed E-state index contributed by atoms with van der Waals surface area (Å²) in [7, 11) is 0. The zero-order valence-electron chi connectivity index (χ0n) is 8.29. The number of allylic oxidation sites excluding steroid dienone is 2. The van der Waals surface area contributed by atoms with Crippen molar-refractivity contribution in [2.75, 3.05) is 0 Å². The second-order valence-electron chi connectivity index (χ2n) is 4.45. The molecule has 0 atom stereocenters. The molecule has 0 fully saturated rings. The van der Waals surface area contributed by atoms with Crippen molar-refractivity contribution < 1.29 is 4.79 Å². The zero-order chi connectivity index (χ0) is 10.5. The summed E-state index contributed by atoms with van der Waals surface area (Å²) in [6.45, 7) is 0. The Morgan fingerprint density at radius 1 is 1.20 bits per heavy atom.